The number of methoxy groups -OCH3 is 2. The van der Waals surface area contributed by atoms with Gasteiger partial charge in [-0.25, -0.2) is 9.97 Å². The molecule has 0 bridgehead atoms. The van der Waals surface area contributed by atoms with Gasteiger partial charge in [0.1, 0.15) is 0 Å². The Morgan fingerprint density at radius 1 is 0.625 bits per heavy atom. The van der Waals surface area contributed by atoms with Crippen LogP contribution < -0.4 is 9.47 Å². The number of benzene rings is 2. The molecule has 0 atom stereocenters. The molecule has 2 aromatic heterocycles. The van der Waals surface area contributed by atoms with Crippen LogP contribution in [0.5, 0.6) is 11.8 Å². The Bertz CT molecular complexity index is 1440. The van der Waals surface area contributed by atoms with Gasteiger partial charge in [-0.15, -0.1) is 0 Å². The number of nitrogens with zero attached hydrogens (tertiary/aromatic N) is 3. The first-order valence-corrected chi connectivity index (χ1v) is 14.5. The molecule has 0 unspecified atom stereocenters. The van der Waals surface area contributed by atoms with Gasteiger partial charge in [-0.2, -0.15) is 0 Å². The molecule has 0 saturated heterocycles. The molecule has 0 aliphatic heterocycles. The molecule has 0 spiro atoms. The number of rotatable bonds is 12. The lowest BCUT2D eigenvalue weighted by atomic mass is 9.89. The van der Waals surface area contributed by atoms with Gasteiger partial charge >= 0.3 is 0 Å². The zero-order valence-corrected chi connectivity index (χ0v) is 25.2. The first kappa shape index (κ1) is 29.3. The van der Waals surface area contributed by atoms with E-state index in [0.717, 1.165) is 78.4 Å². The summed E-state index contributed by atoms with van der Waals surface area (Å²) >= 11 is 0. The van der Waals surface area contributed by atoms with Crippen LogP contribution in [0.15, 0.2) is 60.7 Å². The summed E-state index contributed by atoms with van der Waals surface area (Å²) in [6, 6.07) is 21.5. The van der Waals surface area contributed by atoms with E-state index >= 15 is 0 Å². The Morgan fingerprint density at radius 3 is 1.57 bits per heavy atom. The summed E-state index contributed by atoms with van der Waals surface area (Å²) in [7, 11) is 3.41. The SMILES string of the molecule is CCCCc1ccc(-c2cccc(-c3cccc(-c4ccc(CN(CC)CC)c(OC)n4)c3C)c2C)nc1OC. The molecule has 0 amide bonds. The Kier molecular flexibility index (Phi) is 9.94. The van der Waals surface area contributed by atoms with Gasteiger partial charge in [0.15, 0.2) is 0 Å². The molecule has 0 aliphatic carbocycles. The molecule has 2 heterocycles. The van der Waals surface area contributed by atoms with Gasteiger partial charge in [0, 0.05) is 28.8 Å². The van der Waals surface area contributed by atoms with E-state index < -0.39 is 0 Å². The minimum atomic E-state index is 0.690. The van der Waals surface area contributed by atoms with E-state index in [0.29, 0.717) is 5.88 Å². The monoisotopic (exact) mass is 537 g/mol. The minimum Gasteiger partial charge on any atom is -0.481 e. The lowest BCUT2D eigenvalue weighted by Gasteiger charge is -2.20. The highest BCUT2D eigenvalue weighted by molar-refractivity contribution is 5.82. The van der Waals surface area contributed by atoms with Crippen molar-refractivity contribution < 1.29 is 9.47 Å². The third-order valence-corrected chi connectivity index (χ3v) is 7.86. The van der Waals surface area contributed by atoms with Gasteiger partial charge in [-0.05, 0) is 74.2 Å². The van der Waals surface area contributed by atoms with Crippen LogP contribution in [0.4, 0.5) is 0 Å². The molecule has 0 saturated carbocycles. The first-order valence-electron chi connectivity index (χ1n) is 14.5. The van der Waals surface area contributed by atoms with Gasteiger partial charge in [-0.1, -0.05) is 75.7 Å². The third kappa shape index (κ3) is 6.20. The van der Waals surface area contributed by atoms with Gasteiger partial charge < -0.3 is 9.47 Å². The van der Waals surface area contributed by atoms with Crippen LogP contribution in [0, 0.1) is 13.8 Å². The number of hydrogen-bond donors (Lipinski definition) is 0. The van der Waals surface area contributed by atoms with E-state index in [-0.39, 0.29) is 0 Å². The fourth-order valence-corrected chi connectivity index (χ4v) is 5.37. The minimum absolute atomic E-state index is 0.690. The molecule has 2 aromatic carbocycles. The molecule has 210 valence electrons. The number of pyridine rings is 2. The highest BCUT2D eigenvalue weighted by atomic mass is 16.5. The van der Waals surface area contributed by atoms with Gasteiger partial charge in [-0.3, -0.25) is 4.90 Å². The zero-order valence-electron chi connectivity index (χ0n) is 25.2. The Hall–Kier alpha value is -3.70. The number of aryl methyl sites for hydroxylation is 1. The zero-order chi connectivity index (χ0) is 28.6. The lowest BCUT2D eigenvalue weighted by molar-refractivity contribution is 0.287. The quantitative estimate of drug-likeness (QED) is 0.182. The summed E-state index contributed by atoms with van der Waals surface area (Å²) < 4.78 is 11.4. The Labute approximate surface area is 240 Å². The van der Waals surface area contributed by atoms with Crippen LogP contribution >= 0.6 is 0 Å². The fourth-order valence-electron chi connectivity index (χ4n) is 5.37. The summed E-state index contributed by atoms with van der Waals surface area (Å²) in [6.07, 6.45) is 3.25. The Balaban J connectivity index is 1.73. The van der Waals surface area contributed by atoms with Crippen molar-refractivity contribution in [1.29, 1.82) is 0 Å². The number of unbranched alkanes of at least 4 members (excludes halogenated alkanes) is 1. The van der Waals surface area contributed by atoms with Gasteiger partial charge in [0.25, 0.3) is 0 Å². The third-order valence-electron chi connectivity index (χ3n) is 7.86. The van der Waals surface area contributed by atoms with E-state index in [9.17, 15) is 0 Å². The van der Waals surface area contributed by atoms with Crippen molar-refractivity contribution in [2.24, 2.45) is 0 Å². The van der Waals surface area contributed by atoms with Crippen LogP contribution in [0.1, 0.15) is 55.9 Å². The molecule has 5 heteroatoms. The normalized spacial score (nSPS) is 11.2. The average molecular weight is 538 g/mol. The van der Waals surface area contributed by atoms with Crippen molar-refractivity contribution in [3.05, 3.63) is 82.9 Å². The van der Waals surface area contributed by atoms with Crippen molar-refractivity contribution in [1.82, 2.24) is 14.9 Å². The van der Waals surface area contributed by atoms with E-state index in [4.69, 9.17) is 19.4 Å². The number of aromatic nitrogens is 2. The molecule has 0 radical (unpaired) electrons. The standard InChI is InChI=1S/C35H43N3O2/c1-8-11-14-26-19-21-32(36-34(26)39-6)30-17-12-15-28(24(30)4)29-16-13-18-31(25(29)5)33-22-20-27(35(37-33)40-7)23-38(9-2)10-3/h12-13,15-22H,8-11,14,23H2,1-7H3. The highest BCUT2D eigenvalue weighted by Crippen LogP contribution is 2.37. The lowest BCUT2D eigenvalue weighted by Crippen LogP contribution is -2.22. The molecule has 0 N–H and O–H groups in total. The molecule has 0 aliphatic rings. The highest BCUT2D eigenvalue weighted by Gasteiger charge is 2.17. The van der Waals surface area contributed by atoms with E-state index in [1.54, 1.807) is 14.2 Å². The predicted octanol–water partition coefficient (Wildman–Crippen LogP) is 8.30. The van der Waals surface area contributed by atoms with Crippen LogP contribution in [0.25, 0.3) is 33.6 Å². The molecule has 40 heavy (non-hydrogen) atoms. The summed E-state index contributed by atoms with van der Waals surface area (Å²) in [5.41, 5.74) is 11.1. The molecular weight excluding hydrogens is 494 g/mol. The van der Waals surface area contributed by atoms with Crippen molar-refractivity contribution in [2.75, 3.05) is 27.3 Å². The van der Waals surface area contributed by atoms with Crippen molar-refractivity contribution in [2.45, 2.75) is 60.4 Å². The topological polar surface area (TPSA) is 47.5 Å². The Morgan fingerprint density at radius 2 is 1.10 bits per heavy atom. The van der Waals surface area contributed by atoms with E-state index in [1.165, 1.54) is 22.3 Å². The maximum Gasteiger partial charge on any atom is 0.218 e. The summed E-state index contributed by atoms with van der Waals surface area (Å²) in [6.45, 7) is 13.7. The average Bonchev–Trinajstić information content (AvgIpc) is 2.99. The number of ether oxygens (including phenoxy) is 2. The molecule has 4 aromatic rings. The van der Waals surface area contributed by atoms with Crippen molar-refractivity contribution in [3.63, 3.8) is 0 Å². The molecule has 4 rings (SSSR count). The van der Waals surface area contributed by atoms with Crippen LogP contribution in [0.3, 0.4) is 0 Å². The second kappa shape index (κ2) is 13.6. The van der Waals surface area contributed by atoms with Gasteiger partial charge in [0.2, 0.25) is 11.8 Å². The van der Waals surface area contributed by atoms with Gasteiger partial charge in [0.05, 0.1) is 25.6 Å². The summed E-state index contributed by atoms with van der Waals surface area (Å²) in [4.78, 5) is 12.2. The molecular formula is C35H43N3O2. The van der Waals surface area contributed by atoms with Crippen LogP contribution in [-0.2, 0) is 13.0 Å². The van der Waals surface area contributed by atoms with Crippen LogP contribution in [-0.4, -0.2) is 42.2 Å². The predicted molar refractivity (Wildman–Crippen MR) is 166 cm³/mol. The van der Waals surface area contributed by atoms with E-state index in [1.807, 2.05) is 0 Å². The van der Waals surface area contributed by atoms with Crippen molar-refractivity contribution in [3.8, 4) is 45.4 Å². The smallest absolute Gasteiger partial charge is 0.218 e. The van der Waals surface area contributed by atoms with E-state index in [2.05, 4.69) is 100 Å². The maximum absolute atomic E-state index is 5.73. The molecule has 5 nitrogen and oxygen atoms in total. The number of hydrogen-bond acceptors (Lipinski definition) is 5. The maximum atomic E-state index is 5.73. The second-order valence-electron chi connectivity index (χ2n) is 10.3. The first-order chi connectivity index (χ1) is 19.4. The second-order valence-corrected chi connectivity index (χ2v) is 10.3. The van der Waals surface area contributed by atoms with Crippen molar-refractivity contribution >= 4 is 0 Å². The molecule has 0 fully saturated rings. The summed E-state index contributed by atoms with van der Waals surface area (Å²) in [5.74, 6) is 1.41. The summed E-state index contributed by atoms with van der Waals surface area (Å²) in [5, 5.41) is 0. The largest absolute Gasteiger partial charge is 0.481 e. The fraction of sp³-hybridized carbons (Fsp3) is 0.371. The van der Waals surface area contributed by atoms with Crippen LogP contribution in [0.2, 0.25) is 0 Å².